The van der Waals surface area contributed by atoms with Gasteiger partial charge in [0.25, 0.3) is 0 Å². The average molecular weight is 191 g/mol. The van der Waals surface area contributed by atoms with Gasteiger partial charge in [0.05, 0.1) is 0 Å². The van der Waals surface area contributed by atoms with E-state index in [-0.39, 0.29) is 0 Å². The Labute approximate surface area is 87.5 Å². The van der Waals surface area contributed by atoms with Crippen molar-refractivity contribution in [3.8, 4) is 0 Å². The molecule has 0 bridgehead atoms. The second-order valence-electron chi connectivity index (χ2n) is 3.86. The number of nitrogens with one attached hydrogen (secondary N) is 1. The molecule has 0 radical (unpaired) electrons. The molecule has 0 aliphatic rings. The number of hydrogen-bond acceptors (Lipinski definition) is 1. The number of benzene rings is 1. The average Bonchev–Trinajstić information content (AvgIpc) is 2.25. The molecule has 78 valence electrons. The van der Waals surface area contributed by atoms with Crippen LogP contribution in [0.25, 0.3) is 0 Å². The van der Waals surface area contributed by atoms with E-state index in [1.807, 2.05) is 7.05 Å². The molecule has 0 aliphatic carbocycles. The fourth-order valence-corrected chi connectivity index (χ4v) is 1.72. The molecular formula is C13H21N. The predicted molar refractivity (Wildman–Crippen MR) is 62.8 cm³/mol. The molecule has 1 aromatic carbocycles. The summed E-state index contributed by atoms with van der Waals surface area (Å²) in [6, 6.07) is 8.79. The lowest BCUT2D eigenvalue weighted by atomic mass is 9.92. The Hall–Kier alpha value is -0.820. The monoisotopic (exact) mass is 191 g/mol. The van der Waals surface area contributed by atoms with Crippen LogP contribution in [-0.4, -0.2) is 13.6 Å². The molecule has 0 fully saturated rings. The third-order valence-electron chi connectivity index (χ3n) is 2.84. The first-order valence-electron chi connectivity index (χ1n) is 5.52. The predicted octanol–water partition coefficient (Wildman–Crippen LogP) is 2.96. The Bertz CT molecular complexity index is 268. The maximum absolute atomic E-state index is 3.20. The summed E-state index contributed by atoms with van der Waals surface area (Å²) in [6.45, 7) is 5.62. The van der Waals surface area contributed by atoms with Crippen molar-refractivity contribution >= 4 is 0 Å². The van der Waals surface area contributed by atoms with Crippen molar-refractivity contribution in [1.82, 2.24) is 5.32 Å². The summed E-state index contributed by atoms with van der Waals surface area (Å²) in [5.41, 5.74) is 3.02. The van der Waals surface area contributed by atoms with Gasteiger partial charge >= 0.3 is 0 Å². The minimum absolute atomic E-state index is 0.683. The molecule has 1 unspecified atom stereocenters. The Balaban J connectivity index is 2.79. The van der Waals surface area contributed by atoms with Crippen LogP contribution in [0.2, 0.25) is 0 Å². The van der Waals surface area contributed by atoms with Crippen LogP contribution in [0.3, 0.4) is 0 Å². The highest BCUT2D eigenvalue weighted by atomic mass is 14.8. The van der Waals surface area contributed by atoms with Crippen molar-refractivity contribution in [3.63, 3.8) is 0 Å². The van der Waals surface area contributed by atoms with Crippen LogP contribution in [0.15, 0.2) is 24.3 Å². The zero-order valence-electron chi connectivity index (χ0n) is 9.51. The highest BCUT2D eigenvalue weighted by molar-refractivity contribution is 5.30. The minimum atomic E-state index is 0.683. The van der Waals surface area contributed by atoms with Crippen LogP contribution in [0.4, 0.5) is 0 Å². The summed E-state index contributed by atoms with van der Waals surface area (Å²) in [5, 5.41) is 3.20. The topological polar surface area (TPSA) is 12.0 Å². The normalized spacial score (nSPS) is 12.8. The second kappa shape index (κ2) is 5.82. The molecule has 14 heavy (non-hydrogen) atoms. The Morgan fingerprint density at radius 2 is 2.00 bits per heavy atom. The van der Waals surface area contributed by atoms with Crippen molar-refractivity contribution in [3.05, 3.63) is 35.4 Å². The van der Waals surface area contributed by atoms with Crippen molar-refractivity contribution in [2.45, 2.75) is 32.6 Å². The van der Waals surface area contributed by atoms with E-state index >= 15 is 0 Å². The van der Waals surface area contributed by atoms with E-state index in [4.69, 9.17) is 0 Å². The zero-order valence-corrected chi connectivity index (χ0v) is 9.51. The van der Waals surface area contributed by atoms with E-state index in [0.29, 0.717) is 5.92 Å². The summed E-state index contributed by atoms with van der Waals surface area (Å²) < 4.78 is 0. The summed E-state index contributed by atoms with van der Waals surface area (Å²) in [6.07, 6.45) is 2.35. The fraction of sp³-hybridized carbons (Fsp3) is 0.538. The van der Waals surface area contributed by atoms with Gasteiger partial charge in [0.1, 0.15) is 0 Å². The molecule has 1 atom stereocenters. The standard InChI is InChI=1S/C13H21N/c1-4-11(2)13-8-6-5-7-12(13)9-10-14-3/h5-8,11,14H,4,9-10H2,1-3H3. The third-order valence-corrected chi connectivity index (χ3v) is 2.84. The van der Waals surface area contributed by atoms with Crippen LogP contribution < -0.4 is 5.32 Å². The molecule has 1 heteroatoms. The van der Waals surface area contributed by atoms with Gasteiger partial charge in [0, 0.05) is 0 Å². The quantitative estimate of drug-likeness (QED) is 0.754. The van der Waals surface area contributed by atoms with Crippen molar-refractivity contribution < 1.29 is 0 Å². The summed E-state index contributed by atoms with van der Waals surface area (Å²) in [7, 11) is 2.01. The summed E-state index contributed by atoms with van der Waals surface area (Å²) >= 11 is 0. The van der Waals surface area contributed by atoms with E-state index in [9.17, 15) is 0 Å². The summed E-state index contributed by atoms with van der Waals surface area (Å²) in [4.78, 5) is 0. The SMILES string of the molecule is CCC(C)c1ccccc1CCNC. The van der Waals surface area contributed by atoms with Gasteiger partial charge < -0.3 is 5.32 Å². The first-order valence-corrected chi connectivity index (χ1v) is 5.52. The summed E-state index contributed by atoms with van der Waals surface area (Å²) in [5.74, 6) is 0.683. The van der Waals surface area contributed by atoms with Crippen molar-refractivity contribution in [2.24, 2.45) is 0 Å². The Morgan fingerprint density at radius 3 is 2.64 bits per heavy atom. The number of hydrogen-bond donors (Lipinski definition) is 1. The lowest BCUT2D eigenvalue weighted by molar-refractivity contribution is 0.710. The number of rotatable bonds is 5. The zero-order chi connectivity index (χ0) is 10.4. The van der Waals surface area contributed by atoms with Crippen molar-refractivity contribution in [1.29, 1.82) is 0 Å². The Morgan fingerprint density at radius 1 is 1.29 bits per heavy atom. The van der Waals surface area contributed by atoms with Gasteiger partial charge in [0.2, 0.25) is 0 Å². The molecular weight excluding hydrogens is 170 g/mol. The van der Waals surface area contributed by atoms with Gasteiger partial charge in [-0.25, -0.2) is 0 Å². The third kappa shape index (κ3) is 2.85. The molecule has 1 nitrogen and oxygen atoms in total. The van der Waals surface area contributed by atoms with Crippen LogP contribution in [0.5, 0.6) is 0 Å². The molecule has 0 heterocycles. The molecule has 0 aliphatic heterocycles. The van der Waals surface area contributed by atoms with Crippen LogP contribution in [0, 0.1) is 0 Å². The van der Waals surface area contributed by atoms with Gasteiger partial charge in [-0.2, -0.15) is 0 Å². The fourth-order valence-electron chi connectivity index (χ4n) is 1.72. The van der Waals surface area contributed by atoms with E-state index in [2.05, 4.69) is 43.4 Å². The van der Waals surface area contributed by atoms with E-state index in [1.165, 1.54) is 17.5 Å². The minimum Gasteiger partial charge on any atom is -0.319 e. The van der Waals surface area contributed by atoms with Crippen molar-refractivity contribution in [2.75, 3.05) is 13.6 Å². The Kier molecular flexibility index (Phi) is 4.68. The molecule has 1 rings (SSSR count). The van der Waals surface area contributed by atoms with Gasteiger partial charge in [-0.3, -0.25) is 0 Å². The highest BCUT2D eigenvalue weighted by Crippen LogP contribution is 2.22. The second-order valence-corrected chi connectivity index (χ2v) is 3.86. The largest absolute Gasteiger partial charge is 0.319 e. The van der Waals surface area contributed by atoms with Crippen LogP contribution >= 0.6 is 0 Å². The molecule has 1 N–H and O–H groups in total. The van der Waals surface area contributed by atoms with E-state index in [1.54, 1.807) is 0 Å². The van der Waals surface area contributed by atoms with Gasteiger partial charge in [-0.1, -0.05) is 38.1 Å². The molecule has 0 spiro atoms. The molecule has 0 saturated carbocycles. The van der Waals surface area contributed by atoms with Crippen LogP contribution in [0.1, 0.15) is 37.3 Å². The molecule has 1 aromatic rings. The van der Waals surface area contributed by atoms with Crippen LogP contribution in [-0.2, 0) is 6.42 Å². The lowest BCUT2D eigenvalue weighted by Crippen LogP contribution is -2.12. The lowest BCUT2D eigenvalue weighted by Gasteiger charge is -2.14. The van der Waals surface area contributed by atoms with Gasteiger partial charge in [-0.15, -0.1) is 0 Å². The smallest absolute Gasteiger partial charge is 0.00113 e. The molecule has 0 aromatic heterocycles. The molecule has 0 amide bonds. The maximum atomic E-state index is 3.20. The first-order chi connectivity index (χ1) is 6.79. The molecule has 0 saturated heterocycles. The maximum Gasteiger partial charge on any atom is -0.00113 e. The van der Waals surface area contributed by atoms with E-state index in [0.717, 1.165) is 13.0 Å². The highest BCUT2D eigenvalue weighted by Gasteiger charge is 2.07. The van der Waals surface area contributed by atoms with Gasteiger partial charge in [-0.05, 0) is 43.5 Å². The number of likely N-dealkylation sites (N-methyl/N-ethyl adjacent to an activating group) is 1. The first kappa shape index (κ1) is 11.3. The van der Waals surface area contributed by atoms with Gasteiger partial charge in [0.15, 0.2) is 0 Å². The van der Waals surface area contributed by atoms with E-state index < -0.39 is 0 Å².